The van der Waals surface area contributed by atoms with Crippen molar-refractivity contribution in [2.45, 2.75) is 45.8 Å². The molecule has 1 aromatic carbocycles. The van der Waals surface area contributed by atoms with E-state index in [-0.39, 0.29) is 0 Å². The van der Waals surface area contributed by atoms with Gasteiger partial charge in [-0.15, -0.1) is 0 Å². The summed E-state index contributed by atoms with van der Waals surface area (Å²) in [4.78, 5) is 2.35. The number of anilines is 2. The first-order valence-electron chi connectivity index (χ1n) is 7.47. The summed E-state index contributed by atoms with van der Waals surface area (Å²) in [5.74, 6) is 0. The monoisotopic (exact) mass is 262 g/mol. The second-order valence-corrected chi connectivity index (χ2v) is 5.25. The van der Waals surface area contributed by atoms with Gasteiger partial charge in [0.25, 0.3) is 0 Å². The van der Waals surface area contributed by atoms with E-state index in [0.717, 1.165) is 19.6 Å². The van der Waals surface area contributed by atoms with Crippen LogP contribution in [0, 0.1) is 0 Å². The van der Waals surface area contributed by atoms with Crippen molar-refractivity contribution in [2.24, 2.45) is 0 Å². The Bertz CT molecular complexity index is 373. The molecular formula is C16H26N2O. The van der Waals surface area contributed by atoms with E-state index in [1.165, 1.54) is 24.2 Å². The Morgan fingerprint density at radius 2 is 1.84 bits per heavy atom. The molecule has 1 N–H and O–H groups in total. The molecule has 2 unspecified atom stereocenters. The number of nitrogens with one attached hydrogen (secondary N) is 1. The largest absolute Gasteiger partial charge is 0.382 e. The van der Waals surface area contributed by atoms with Crippen molar-refractivity contribution in [3.63, 3.8) is 0 Å². The third-order valence-electron chi connectivity index (χ3n) is 3.85. The standard InChI is InChI=1S/C16H26N2O/c1-4-18(5-2)15-9-7-14(8-10-15)17-12-16-11-6-13(3)19-16/h7-10,13,16-17H,4-6,11-12H2,1-3H3. The Kier molecular flexibility index (Phi) is 5.08. The van der Waals surface area contributed by atoms with Crippen molar-refractivity contribution in [1.29, 1.82) is 0 Å². The molecule has 1 aliphatic rings. The molecule has 106 valence electrons. The normalized spacial score (nSPS) is 22.5. The lowest BCUT2D eigenvalue weighted by atomic mass is 10.2. The zero-order chi connectivity index (χ0) is 13.7. The Hall–Kier alpha value is -1.22. The molecule has 0 amide bonds. The van der Waals surface area contributed by atoms with Crippen molar-refractivity contribution < 1.29 is 4.74 Å². The van der Waals surface area contributed by atoms with E-state index in [0.29, 0.717) is 12.2 Å². The van der Waals surface area contributed by atoms with E-state index in [1.807, 2.05) is 0 Å². The topological polar surface area (TPSA) is 24.5 Å². The Morgan fingerprint density at radius 3 is 2.37 bits per heavy atom. The summed E-state index contributed by atoms with van der Waals surface area (Å²) >= 11 is 0. The average molecular weight is 262 g/mol. The van der Waals surface area contributed by atoms with E-state index in [4.69, 9.17) is 4.74 Å². The van der Waals surface area contributed by atoms with E-state index in [2.05, 4.69) is 55.3 Å². The first-order valence-corrected chi connectivity index (χ1v) is 7.47. The zero-order valence-electron chi connectivity index (χ0n) is 12.4. The van der Waals surface area contributed by atoms with Gasteiger partial charge in [-0.3, -0.25) is 0 Å². The van der Waals surface area contributed by atoms with Crippen molar-refractivity contribution in [3.8, 4) is 0 Å². The van der Waals surface area contributed by atoms with E-state index < -0.39 is 0 Å². The van der Waals surface area contributed by atoms with Crippen molar-refractivity contribution in [1.82, 2.24) is 0 Å². The van der Waals surface area contributed by atoms with Crippen LogP contribution in [0.2, 0.25) is 0 Å². The van der Waals surface area contributed by atoms with Gasteiger partial charge in [-0.25, -0.2) is 0 Å². The highest BCUT2D eigenvalue weighted by Crippen LogP contribution is 2.21. The van der Waals surface area contributed by atoms with Crippen LogP contribution in [0.4, 0.5) is 11.4 Å². The third kappa shape index (κ3) is 3.87. The summed E-state index contributed by atoms with van der Waals surface area (Å²) < 4.78 is 5.81. The van der Waals surface area contributed by atoms with Crippen LogP contribution in [-0.2, 0) is 4.74 Å². The molecule has 1 aromatic rings. The molecule has 19 heavy (non-hydrogen) atoms. The maximum atomic E-state index is 5.81. The molecule has 2 rings (SSSR count). The van der Waals surface area contributed by atoms with Crippen LogP contribution < -0.4 is 10.2 Å². The van der Waals surface area contributed by atoms with E-state index in [1.54, 1.807) is 0 Å². The lowest BCUT2D eigenvalue weighted by Crippen LogP contribution is -2.22. The highest BCUT2D eigenvalue weighted by molar-refractivity contribution is 5.55. The van der Waals surface area contributed by atoms with E-state index in [9.17, 15) is 0 Å². The van der Waals surface area contributed by atoms with Gasteiger partial charge in [0.05, 0.1) is 12.2 Å². The molecule has 1 fully saturated rings. The minimum absolute atomic E-state index is 0.373. The van der Waals surface area contributed by atoms with Crippen molar-refractivity contribution in [2.75, 3.05) is 29.9 Å². The summed E-state index contributed by atoms with van der Waals surface area (Å²) in [6.45, 7) is 9.55. The zero-order valence-corrected chi connectivity index (χ0v) is 12.4. The molecule has 0 spiro atoms. The molecule has 2 atom stereocenters. The molecular weight excluding hydrogens is 236 g/mol. The van der Waals surface area contributed by atoms with Gasteiger partial charge < -0.3 is 15.0 Å². The smallest absolute Gasteiger partial charge is 0.0751 e. The minimum atomic E-state index is 0.373. The SMILES string of the molecule is CCN(CC)c1ccc(NCC2CCC(C)O2)cc1. The van der Waals surface area contributed by atoms with E-state index >= 15 is 0 Å². The first-order chi connectivity index (χ1) is 9.22. The first kappa shape index (κ1) is 14.2. The predicted octanol–water partition coefficient (Wildman–Crippen LogP) is 3.51. The maximum absolute atomic E-state index is 5.81. The molecule has 0 aliphatic carbocycles. The van der Waals surface area contributed by atoms with Crippen molar-refractivity contribution in [3.05, 3.63) is 24.3 Å². The van der Waals surface area contributed by atoms with Crippen molar-refractivity contribution >= 4 is 11.4 Å². The van der Waals surface area contributed by atoms with Gasteiger partial charge >= 0.3 is 0 Å². The summed E-state index contributed by atoms with van der Waals surface area (Å²) in [5, 5.41) is 3.47. The van der Waals surface area contributed by atoms with Crippen LogP contribution in [0.25, 0.3) is 0 Å². The van der Waals surface area contributed by atoms with Gasteiger partial charge in [0.1, 0.15) is 0 Å². The molecule has 0 aromatic heterocycles. The Morgan fingerprint density at radius 1 is 1.16 bits per heavy atom. The molecule has 1 heterocycles. The molecule has 0 saturated carbocycles. The third-order valence-corrected chi connectivity index (χ3v) is 3.85. The lowest BCUT2D eigenvalue weighted by Gasteiger charge is -2.21. The highest BCUT2D eigenvalue weighted by Gasteiger charge is 2.21. The Labute approximate surface area is 116 Å². The highest BCUT2D eigenvalue weighted by atomic mass is 16.5. The maximum Gasteiger partial charge on any atom is 0.0751 e. The van der Waals surface area contributed by atoms with Gasteiger partial charge in [0.15, 0.2) is 0 Å². The lowest BCUT2D eigenvalue weighted by molar-refractivity contribution is 0.0637. The molecule has 0 bridgehead atoms. The number of hydrogen-bond donors (Lipinski definition) is 1. The van der Waals surface area contributed by atoms with Crippen LogP contribution >= 0.6 is 0 Å². The second kappa shape index (κ2) is 6.80. The molecule has 0 radical (unpaired) electrons. The molecule has 1 saturated heterocycles. The van der Waals surface area contributed by atoms with Gasteiger partial charge in [-0.1, -0.05) is 0 Å². The Balaban J connectivity index is 1.84. The predicted molar refractivity (Wildman–Crippen MR) is 82.1 cm³/mol. The fraction of sp³-hybridized carbons (Fsp3) is 0.625. The van der Waals surface area contributed by atoms with Crippen LogP contribution in [0.15, 0.2) is 24.3 Å². The van der Waals surface area contributed by atoms with Crippen LogP contribution in [0.1, 0.15) is 33.6 Å². The number of benzene rings is 1. The van der Waals surface area contributed by atoms with Crippen LogP contribution in [0.3, 0.4) is 0 Å². The van der Waals surface area contributed by atoms with Crippen LogP contribution in [0.5, 0.6) is 0 Å². The fourth-order valence-corrected chi connectivity index (χ4v) is 2.65. The number of ether oxygens (including phenoxy) is 1. The number of rotatable bonds is 6. The number of nitrogens with zero attached hydrogens (tertiary/aromatic N) is 1. The fourth-order valence-electron chi connectivity index (χ4n) is 2.65. The molecule has 3 nitrogen and oxygen atoms in total. The second-order valence-electron chi connectivity index (χ2n) is 5.25. The summed E-state index contributed by atoms with van der Waals surface area (Å²) in [6, 6.07) is 8.69. The van der Waals surface area contributed by atoms with Gasteiger partial charge in [-0.05, 0) is 57.9 Å². The average Bonchev–Trinajstić information content (AvgIpc) is 2.85. The summed E-state index contributed by atoms with van der Waals surface area (Å²) in [5.41, 5.74) is 2.47. The van der Waals surface area contributed by atoms with Gasteiger partial charge in [-0.2, -0.15) is 0 Å². The number of hydrogen-bond acceptors (Lipinski definition) is 3. The summed E-state index contributed by atoms with van der Waals surface area (Å²) in [6.07, 6.45) is 3.16. The molecule has 1 aliphatic heterocycles. The quantitative estimate of drug-likeness (QED) is 0.849. The summed E-state index contributed by atoms with van der Waals surface area (Å²) in [7, 11) is 0. The van der Waals surface area contributed by atoms with Gasteiger partial charge in [0.2, 0.25) is 0 Å². The van der Waals surface area contributed by atoms with Gasteiger partial charge in [0, 0.05) is 31.0 Å². The van der Waals surface area contributed by atoms with Crippen LogP contribution in [-0.4, -0.2) is 31.8 Å². The molecule has 3 heteroatoms. The minimum Gasteiger partial charge on any atom is -0.382 e.